The van der Waals surface area contributed by atoms with Crippen LogP contribution in [0, 0.1) is 0 Å². The van der Waals surface area contributed by atoms with Gasteiger partial charge in [-0.25, -0.2) is 4.57 Å². The smallest absolute Gasteiger partial charge is 0.457 e. The summed E-state index contributed by atoms with van der Waals surface area (Å²) in [4.78, 5) is 23.0. The quantitative estimate of drug-likeness (QED) is 0.0281. The molecule has 372 valence electrons. The monoisotopic (exact) mass is 903 g/mol. The summed E-state index contributed by atoms with van der Waals surface area (Å²) >= 11 is 0. The molecule has 0 aromatic rings. The summed E-state index contributed by atoms with van der Waals surface area (Å²) in [6, 6.07) is 0. The molecule has 8 nitrogen and oxygen atoms in total. The molecule has 0 aromatic heterocycles. The number of rotatable bonds is 52. The van der Waals surface area contributed by atoms with Crippen LogP contribution in [-0.4, -0.2) is 75.6 Å². The highest BCUT2D eigenvalue weighted by molar-refractivity contribution is 7.47. The van der Waals surface area contributed by atoms with Crippen molar-refractivity contribution in [2.45, 2.75) is 283 Å². The summed E-state index contributed by atoms with van der Waals surface area (Å²) in [5.41, 5.74) is 0. The zero-order valence-electron chi connectivity index (χ0n) is 42.4. The van der Waals surface area contributed by atoms with Crippen LogP contribution in [-0.2, 0) is 27.9 Å². The SMILES string of the molecule is CCCCCCCCCCCCCCCCCCCCCCCCCCCCOCC(COP(=O)(O)OCC[N+](C)(C)C)OC(=O)CCCCCCCCCCCCCCCC. The van der Waals surface area contributed by atoms with Crippen molar-refractivity contribution < 1.29 is 37.3 Å². The Balaban J connectivity index is 3.96. The topological polar surface area (TPSA) is 91.3 Å². The molecule has 0 radical (unpaired) electrons. The number of phosphoric ester groups is 1. The van der Waals surface area contributed by atoms with Crippen LogP contribution >= 0.6 is 7.82 Å². The number of ether oxygens (including phenoxy) is 2. The van der Waals surface area contributed by atoms with Crippen LogP contribution < -0.4 is 0 Å². The first-order valence-electron chi connectivity index (χ1n) is 27.3. The highest BCUT2D eigenvalue weighted by Crippen LogP contribution is 2.43. The minimum absolute atomic E-state index is 0.0942. The molecule has 2 unspecified atom stereocenters. The maximum atomic E-state index is 12.7. The van der Waals surface area contributed by atoms with Gasteiger partial charge < -0.3 is 18.9 Å². The van der Waals surface area contributed by atoms with Crippen LogP contribution in [0.5, 0.6) is 0 Å². The molecule has 0 fully saturated rings. The summed E-state index contributed by atoms with van der Waals surface area (Å²) in [6.45, 7) is 5.70. The summed E-state index contributed by atoms with van der Waals surface area (Å²) in [5.74, 6) is -0.305. The number of likely N-dealkylation sites (N-methyl/N-ethyl adjacent to an activating group) is 1. The lowest BCUT2D eigenvalue weighted by Gasteiger charge is -2.24. The normalized spacial score (nSPS) is 13.5. The van der Waals surface area contributed by atoms with Crippen LogP contribution in [0.25, 0.3) is 0 Å². The van der Waals surface area contributed by atoms with Gasteiger partial charge in [0.25, 0.3) is 0 Å². The largest absolute Gasteiger partial charge is 0.472 e. The molecule has 0 aliphatic heterocycles. The Morgan fingerprint density at radius 1 is 0.435 bits per heavy atom. The average Bonchev–Trinajstić information content (AvgIpc) is 3.23. The van der Waals surface area contributed by atoms with Crippen LogP contribution in [0.4, 0.5) is 0 Å². The van der Waals surface area contributed by atoms with Gasteiger partial charge in [-0.2, -0.15) is 0 Å². The Morgan fingerprint density at radius 3 is 1.06 bits per heavy atom. The molecule has 0 aliphatic rings. The van der Waals surface area contributed by atoms with E-state index in [4.69, 9.17) is 18.5 Å². The summed E-state index contributed by atoms with van der Waals surface area (Å²) < 4.78 is 35.2. The molecular weight excluding hydrogens is 794 g/mol. The highest BCUT2D eigenvalue weighted by Gasteiger charge is 2.26. The Morgan fingerprint density at radius 2 is 0.742 bits per heavy atom. The van der Waals surface area contributed by atoms with Gasteiger partial charge in [0, 0.05) is 13.0 Å². The first-order chi connectivity index (χ1) is 30.1. The number of hydrogen-bond donors (Lipinski definition) is 1. The molecule has 0 saturated heterocycles. The lowest BCUT2D eigenvalue weighted by molar-refractivity contribution is -0.870. The van der Waals surface area contributed by atoms with Gasteiger partial charge >= 0.3 is 13.8 Å². The van der Waals surface area contributed by atoms with Gasteiger partial charge in [0.1, 0.15) is 19.3 Å². The van der Waals surface area contributed by atoms with Crippen LogP contribution in [0.2, 0.25) is 0 Å². The van der Waals surface area contributed by atoms with E-state index in [0.29, 0.717) is 24.1 Å². The van der Waals surface area contributed by atoms with Gasteiger partial charge in [-0.3, -0.25) is 13.8 Å². The first kappa shape index (κ1) is 61.5. The molecule has 0 saturated carbocycles. The molecule has 9 heteroatoms. The number of carbonyl (C=O) groups excluding carboxylic acids is 1. The number of phosphoric acid groups is 1. The lowest BCUT2D eigenvalue weighted by Crippen LogP contribution is -2.37. The second-order valence-electron chi connectivity index (χ2n) is 20.0. The van der Waals surface area contributed by atoms with E-state index < -0.39 is 13.9 Å². The number of hydrogen-bond acceptors (Lipinski definition) is 6. The van der Waals surface area contributed by atoms with E-state index in [-0.39, 0.29) is 25.8 Å². The van der Waals surface area contributed by atoms with Crippen molar-refractivity contribution in [3.8, 4) is 0 Å². The van der Waals surface area contributed by atoms with Crippen LogP contribution in [0.1, 0.15) is 277 Å². The summed E-state index contributed by atoms with van der Waals surface area (Å²) in [6.07, 6.45) is 53.1. The fraction of sp³-hybridized carbons (Fsp3) is 0.981. The third-order valence-corrected chi connectivity index (χ3v) is 13.4. The maximum Gasteiger partial charge on any atom is 0.472 e. The fourth-order valence-corrected chi connectivity index (χ4v) is 8.95. The Kier molecular flexibility index (Phi) is 46.6. The predicted octanol–water partition coefficient (Wildman–Crippen LogP) is 16.8. The van der Waals surface area contributed by atoms with Gasteiger partial charge in [-0.1, -0.05) is 258 Å². The molecule has 1 N–H and O–H groups in total. The Labute approximate surface area is 387 Å². The van der Waals surface area contributed by atoms with E-state index in [1.54, 1.807) is 0 Å². The molecule has 0 rings (SSSR count). The van der Waals surface area contributed by atoms with E-state index in [1.807, 2.05) is 21.1 Å². The van der Waals surface area contributed by atoms with Crippen molar-refractivity contribution in [3.05, 3.63) is 0 Å². The van der Waals surface area contributed by atoms with Crippen LogP contribution in [0.15, 0.2) is 0 Å². The standard InChI is InChI=1S/C53H108NO7P/c1-6-8-10-12-14-16-18-20-22-23-24-25-26-27-28-29-30-31-32-33-35-37-39-41-43-45-48-58-50-52(51-60-62(56,57)59-49-47-54(3,4)5)61-53(55)46-44-42-40-38-36-34-21-19-17-15-13-11-9-7-2/h52H,6-51H2,1-5H3/p+1. The van der Waals surface area contributed by atoms with Crippen molar-refractivity contribution in [1.82, 2.24) is 0 Å². The van der Waals surface area contributed by atoms with Crippen molar-refractivity contribution >= 4 is 13.8 Å². The molecule has 0 bridgehead atoms. The molecule has 0 spiro atoms. The number of esters is 1. The Hall–Kier alpha value is -0.500. The van der Waals surface area contributed by atoms with E-state index in [9.17, 15) is 14.3 Å². The minimum Gasteiger partial charge on any atom is -0.457 e. The maximum absolute atomic E-state index is 12.7. The van der Waals surface area contributed by atoms with Gasteiger partial charge in [-0.05, 0) is 12.8 Å². The minimum atomic E-state index is -4.27. The van der Waals surface area contributed by atoms with E-state index in [2.05, 4.69) is 13.8 Å². The van der Waals surface area contributed by atoms with Gasteiger partial charge in [0.15, 0.2) is 0 Å². The third-order valence-electron chi connectivity index (χ3n) is 12.4. The molecule has 0 aliphatic carbocycles. The van der Waals surface area contributed by atoms with Gasteiger partial charge in [-0.15, -0.1) is 0 Å². The average molecular weight is 903 g/mol. The van der Waals surface area contributed by atoms with Crippen LogP contribution in [0.3, 0.4) is 0 Å². The number of nitrogens with zero attached hydrogens (tertiary/aromatic N) is 1. The second-order valence-corrected chi connectivity index (χ2v) is 21.4. The third kappa shape index (κ3) is 50.5. The van der Waals surface area contributed by atoms with Gasteiger partial charge in [0.05, 0.1) is 34.4 Å². The predicted molar refractivity (Wildman–Crippen MR) is 266 cm³/mol. The zero-order chi connectivity index (χ0) is 45.5. The summed E-state index contributed by atoms with van der Waals surface area (Å²) in [5, 5.41) is 0. The van der Waals surface area contributed by atoms with E-state index >= 15 is 0 Å². The molecule has 62 heavy (non-hydrogen) atoms. The molecule has 0 amide bonds. The second kappa shape index (κ2) is 47.0. The van der Waals surface area contributed by atoms with Crippen molar-refractivity contribution in [2.24, 2.45) is 0 Å². The number of carbonyl (C=O) groups is 1. The Bertz CT molecular complexity index is 961. The van der Waals surface area contributed by atoms with Crippen molar-refractivity contribution in [1.29, 1.82) is 0 Å². The van der Waals surface area contributed by atoms with E-state index in [0.717, 1.165) is 32.1 Å². The van der Waals surface area contributed by atoms with Crippen molar-refractivity contribution in [2.75, 3.05) is 54.1 Å². The molecule has 2 atom stereocenters. The lowest BCUT2D eigenvalue weighted by atomic mass is 10.0. The zero-order valence-corrected chi connectivity index (χ0v) is 43.3. The van der Waals surface area contributed by atoms with Crippen molar-refractivity contribution in [3.63, 3.8) is 0 Å². The summed E-state index contributed by atoms with van der Waals surface area (Å²) in [7, 11) is 1.69. The molecular formula is C53H109NO7P+. The van der Waals surface area contributed by atoms with Gasteiger partial charge in [0.2, 0.25) is 0 Å². The number of unbranched alkanes of at least 4 members (excludes halogenated alkanes) is 38. The first-order valence-corrected chi connectivity index (χ1v) is 28.8. The number of quaternary nitrogens is 1. The molecule has 0 aromatic carbocycles. The fourth-order valence-electron chi connectivity index (χ4n) is 8.20. The van der Waals surface area contributed by atoms with E-state index in [1.165, 1.54) is 225 Å². The highest BCUT2D eigenvalue weighted by atomic mass is 31.2. The molecule has 0 heterocycles.